The number of carbonyl (C=O) groups excluding carboxylic acids is 2. The van der Waals surface area contributed by atoms with Gasteiger partial charge in [0.15, 0.2) is 0 Å². The Labute approximate surface area is 218 Å². The minimum absolute atomic E-state index is 0.165. The van der Waals surface area contributed by atoms with Crippen LogP contribution in [0.2, 0.25) is 5.02 Å². The summed E-state index contributed by atoms with van der Waals surface area (Å²) < 4.78 is 7.86. The highest BCUT2D eigenvalue weighted by Crippen LogP contribution is 2.49. The Balaban J connectivity index is 1.32. The molecule has 0 radical (unpaired) electrons. The van der Waals surface area contributed by atoms with E-state index in [4.69, 9.17) is 16.3 Å². The van der Waals surface area contributed by atoms with E-state index in [1.54, 1.807) is 6.21 Å². The maximum atomic E-state index is 12.9. The molecule has 2 aromatic carbocycles. The van der Waals surface area contributed by atoms with Crippen molar-refractivity contribution < 1.29 is 14.3 Å². The highest BCUT2D eigenvalue weighted by atomic mass is 127. The molecule has 4 atom stereocenters. The predicted octanol–water partition coefficient (Wildman–Crippen LogP) is 5.66. The van der Waals surface area contributed by atoms with E-state index in [2.05, 4.69) is 62.4 Å². The van der Waals surface area contributed by atoms with Crippen molar-refractivity contribution in [2.45, 2.75) is 19.4 Å². The van der Waals surface area contributed by atoms with E-state index >= 15 is 0 Å². The topological polar surface area (TPSA) is 59.0 Å². The van der Waals surface area contributed by atoms with Crippen LogP contribution < -0.4 is 4.74 Å². The summed E-state index contributed by atoms with van der Waals surface area (Å²) in [6.07, 6.45) is 7.76. The Morgan fingerprint density at radius 2 is 1.62 bits per heavy atom. The SMILES string of the molecule is O=C1[C@@H]2[C@H](C(=O)N1/N=C\c1cc(I)c(OCc3ccccc3Cl)c(I)c1)[C@@H]1C=C[C@@H]2CC1. The van der Waals surface area contributed by atoms with Gasteiger partial charge in [-0.25, -0.2) is 0 Å². The molecule has 1 saturated carbocycles. The van der Waals surface area contributed by atoms with Gasteiger partial charge in [0.1, 0.15) is 12.4 Å². The number of ether oxygens (including phenoxy) is 1. The summed E-state index contributed by atoms with van der Waals surface area (Å²) >= 11 is 10.7. The molecule has 6 rings (SSSR count). The fourth-order valence-electron chi connectivity index (χ4n) is 4.85. The summed E-state index contributed by atoms with van der Waals surface area (Å²) in [5.74, 6) is 0.272. The maximum Gasteiger partial charge on any atom is 0.254 e. The van der Waals surface area contributed by atoms with Crippen LogP contribution in [0.15, 0.2) is 53.7 Å². The van der Waals surface area contributed by atoms with Crippen molar-refractivity contribution in [3.05, 3.63) is 71.8 Å². The van der Waals surface area contributed by atoms with E-state index < -0.39 is 0 Å². The van der Waals surface area contributed by atoms with Gasteiger partial charge < -0.3 is 4.74 Å². The van der Waals surface area contributed by atoms with Gasteiger partial charge >= 0.3 is 0 Å². The first-order valence-corrected chi connectivity index (χ1v) is 12.9. The molecule has 0 N–H and O–H groups in total. The lowest BCUT2D eigenvalue weighted by molar-refractivity contribution is -0.140. The monoisotopic (exact) mass is 672 g/mol. The van der Waals surface area contributed by atoms with Gasteiger partial charge in [-0.1, -0.05) is 42.0 Å². The molecular formula is C24H19ClI2N2O3. The molecule has 1 saturated heterocycles. The number of amides is 2. The van der Waals surface area contributed by atoms with Gasteiger partial charge in [-0.3, -0.25) is 9.59 Å². The molecule has 4 aliphatic rings. The first kappa shape index (κ1) is 22.3. The van der Waals surface area contributed by atoms with Crippen molar-refractivity contribution >= 4 is 74.8 Å². The Hall–Kier alpha value is -1.46. The zero-order chi connectivity index (χ0) is 22.4. The molecule has 1 heterocycles. The zero-order valence-corrected chi connectivity index (χ0v) is 22.0. The molecule has 5 nitrogen and oxygen atoms in total. The summed E-state index contributed by atoms with van der Waals surface area (Å²) in [4.78, 5) is 25.8. The fourth-order valence-corrected chi connectivity index (χ4v) is 7.17. The Bertz CT molecular complexity index is 1110. The van der Waals surface area contributed by atoms with Crippen LogP contribution >= 0.6 is 56.8 Å². The molecule has 2 fully saturated rings. The molecule has 32 heavy (non-hydrogen) atoms. The number of hydrazone groups is 1. The van der Waals surface area contributed by atoms with Crippen molar-refractivity contribution in [3.8, 4) is 5.75 Å². The van der Waals surface area contributed by atoms with Crippen molar-refractivity contribution in [1.82, 2.24) is 5.01 Å². The highest BCUT2D eigenvalue weighted by Gasteiger charge is 2.56. The molecule has 2 bridgehead atoms. The average molecular weight is 673 g/mol. The number of halogens is 3. The van der Waals surface area contributed by atoms with Crippen LogP contribution in [0.25, 0.3) is 0 Å². The van der Waals surface area contributed by atoms with Crippen LogP contribution in [-0.2, 0) is 16.2 Å². The van der Waals surface area contributed by atoms with E-state index in [0.29, 0.717) is 11.6 Å². The number of nitrogens with zero attached hydrogens (tertiary/aromatic N) is 2. The second-order valence-corrected chi connectivity index (χ2v) is 11.0. The Morgan fingerprint density at radius 3 is 2.19 bits per heavy atom. The van der Waals surface area contributed by atoms with Crippen LogP contribution in [-0.4, -0.2) is 23.0 Å². The van der Waals surface area contributed by atoms with Crippen molar-refractivity contribution in [3.63, 3.8) is 0 Å². The summed E-state index contributed by atoms with van der Waals surface area (Å²) in [6.45, 7) is 0.370. The maximum absolute atomic E-state index is 12.9. The number of allylic oxidation sites excluding steroid dienone is 2. The quantitative estimate of drug-likeness (QED) is 0.179. The van der Waals surface area contributed by atoms with Gasteiger partial charge in [-0.15, -0.1) is 0 Å². The van der Waals surface area contributed by atoms with Gasteiger partial charge in [-0.05, 0) is 93.6 Å². The Kier molecular flexibility index (Phi) is 6.32. The summed E-state index contributed by atoms with van der Waals surface area (Å²) in [7, 11) is 0. The minimum Gasteiger partial charge on any atom is -0.487 e. The summed E-state index contributed by atoms with van der Waals surface area (Å²) in [5, 5.41) is 6.07. The number of hydrogen-bond donors (Lipinski definition) is 0. The first-order valence-electron chi connectivity index (χ1n) is 10.4. The lowest BCUT2D eigenvalue weighted by Crippen LogP contribution is -2.38. The predicted molar refractivity (Wildman–Crippen MR) is 139 cm³/mol. The minimum atomic E-state index is -0.246. The highest BCUT2D eigenvalue weighted by molar-refractivity contribution is 14.1. The summed E-state index contributed by atoms with van der Waals surface area (Å²) in [6, 6.07) is 11.5. The molecule has 0 spiro atoms. The van der Waals surface area contributed by atoms with Crippen LogP contribution in [0.1, 0.15) is 24.0 Å². The lowest BCUT2D eigenvalue weighted by atomic mass is 9.63. The van der Waals surface area contributed by atoms with Gasteiger partial charge in [0.2, 0.25) is 0 Å². The van der Waals surface area contributed by atoms with Gasteiger partial charge in [0.05, 0.1) is 25.2 Å². The molecule has 0 unspecified atom stereocenters. The second-order valence-electron chi connectivity index (χ2n) is 8.27. The number of carbonyl (C=O) groups is 2. The van der Waals surface area contributed by atoms with E-state index in [9.17, 15) is 9.59 Å². The average Bonchev–Trinajstić information content (AvgIpc) is 3.05. The summed E-state index contributed by atoms with van der Waals surface area (Å²) in [5.41, 5.74) is 1.72. The van der Waals surface area contributed by atoms with Crippen molar-refractivity contribution in [1.29, 1.82) is 0 Å². The van der Waals surface area contributed by atoms with Crippen molar-refractivity contribution in [2.75, 3.05) is 0 Å². The van der Waals surface area contributed by atoms with E-state index in [1.807, 2.05) is 36.4 Å². The van der Waals surface area contributed by atoms with Gasteiger partial charge in [0.25, 0.3) is 11.8 Å². The third-order valence-corrected chi connectivity index (χ3v) is 8.38. The van der Waals surface area contributed by atoms with Crippen molar-refractivity contribution in [2.24, 2.45) is 28.8 Å². The molecule has 2 amide bonds. The van der Waals surface area contributed by atoms with Crippen LogP contribution in [0.5, 0.6) is 5.75 Å². The van der Waals surface area contributed by atoms with Crippen LogP contribution in [0.3, 0.4) is 0 Å². The molecule has 3 aliphatic carbocycles. The Morgan fingerprint density at radius 1 is 1.03 bits per heavy atom. The number of rotatable bonds is 5. The molecular weight excluding hydrogens is 654 g/mol. The smallest absolute Gasteiger partial charge is 0.254 e. The first-order chi connectivity index (χ1) is 15.4. The number of benzene rings is 2. The molecule has 164 valence electrons. The number of hydrogen-bond acceptors (Lipinski definition) is 4. The molecule has 0 aromatic heterocycles. The largest absolute Gasteiger partial charge is 0.487 e. The molecule has 1 aliphatic heterocycles. The van der Waals surface area contributed by atoms with Gasteiger partial charge in [0, 0.05) is 10.6 Å². The second kappa shape index (κ2) is 9.06. The fraction of sp³-hybridized carbons (Fsp3) is 0.292. The third-order valence-electron chi connectivity index (χ3n) is 6.41. The third kappa shape index (κ3) is 4.00. The molecule has 8 heteroatoms. The normalized spacial score (nSPS) is 26.3. The molecule has 2 aromatic rings. The number of fused-ring (bicyclic) bond motifs is 1. The van der Waals surface area contributed by atoms with E-state index in [-0.39, 0.29) is 35.5 Å². The number of imide groups is 1. The van der Waals surface area contributed by atoms with Gasteiger partial charge in [-0.2, -0.15) is 10.1 Å². The lowest BCUT2D eigenvalue weighted by Gasteiger charge is -2.37. The van der Waals surface area contributed by atoms with Crippen LogP contribution in [0, 0.1) is 30.8 Å². The van der Waals surface area contributed by atoms with E-state index in [0.717, 1.165) is 41.9 Å². The van der Waals surface area contributed by atoms with E-state index in [1.165, 1.54) is 0 Å². The standard InChI is InChI=1S/C24H19ClI2N2O3/c25-17-4-2-1-3-16(17)12-32-22-18(26)9-13(10-19(22)27)11-28-29-23(30)20-14-5-6-15(8-7-14)21(20)24(29)31/h1-6,9-11,14-15,20-21H,7-8,12H2/b28-11-/t14-,15-,20-,21+/m1/s1. The van der Waals surface area contributed by atoms with Crippen LogP contribution in [0.4, 0.5) is 0 Å². The zero-order valence-electron chi connectivity index (χ0n) is 16.9.